The van der Waals surface area contributed by atoms with Gasteiger partial charge in [-0.3, -0.25) is 4.79 Å². The van der Waals surface area contributed by atoms with Crippen LogP contribution in [0.2, 0.25) is 0 Å². The number of anilines is 1. The van der Waals surface area contributed by atoms with Gasteiger partial charge in [-0.1, -0.05) is 6.92 Å². The van der Waals surface area contributed by atoms with E-state index in [0.717, 1.165) is 0 Å². The Morgan fingerprint density at radius 3 is 2.76 bits per heavy atom. The molecule has 0 spiro atoms. The molecule has 0 aromatic carbocycles. The summed E-state index contributed by atoms with van der Waals surface area (Å²) in [7, 11) is 0. The fraction of sp³-hybridized carbons (Fsp3) is 0.636. The summed E-state index contributed by atoms with van der Waals surface area (Å²) in [6.45, 7) is 6.41. The third kappa shape index (κ3) is 3.54. The quantitative estimate of drug-likeness (QED) is 0.867. The molecule has 96 valence electrons. The molecule has 2 N–H and O–H groups in total. The minimum atomic E-state index is -0.793. The zero-order chi connectivity index (χ0) is 13.1. The van der Waals surface area contributed by atoms with Crippen LogP contribution in [0.15, 0.2) is 15.5 Å². The van der Waals surface area contributed by atoms with Crippen LogP contribution in [0.5, 0.6) is 0 Å². The third-order valence-corrected chi connectivity index (χ3v) is 3.47. The van der Waals surface area contributed by atoms with Crippen molar-refractivity contribution in [2.45, 2.75) is 39.3 Å². The molecular weight excluding hydrogens is 286 g/mol. The zero-order valence-corrected chi connectivity index (χ0v) is 11.9. The first kappa shape index (κ1) is 14.2. The van der Waals surface area contributed by atoms with Crippen LogP contribution in [-0.2, 0) is 6.54 Å². The van der Waals surface area contributed by atoms with Crippen molar-refractivity contribution in [2.75, 3.05) is 11.9 Å². The second-order valence-corrected chi connectivity index (χ2v) is 4.99. The third-order valence-electron chi connectivity index (χ3n) is 2.71. The van der Waals surface area contributed by atoms with Crippen LogP contribution >= 0.6 is 15.9 Å². The van der Waals surface area contributed by atoms with Gasteiger partial charge in [0.25, 0.3) is 5.56 Å². The Morgan fingerprint density at radius 2 is 2.24 bits per heavy atom. The van der Waals surface area contributed by atoms with Crippen molar-refractivity contribution in [1.29, 1.82) is 0 Å². The standard InChI is InChI=1S/C11H18BrN3O2/c1-4-11(3,17)7-13-8-6-14-15(5-2)10(16)9(8)12/h6,13,17H,4-5,7H2,1-3H3. The summed E-state index contributed by atoms with van der Waals surface area (Å²) in [4.78, 5) is 11.8. The largest absolute Gasteiger partial charge is 0.388 e. The molecule has 0 aliphatic rings. The van der Waals surface area contributed by atoms with Crippen LogP contribution in [0.4, 0.5) is 5.69 Å². The zero-order valence-electron chi connectivity index (χ0n) is 10.3. The molecule has 1 atom stereocenters. The maximum Gasteiger partial charge on any atom is 0.283 e. The Morgan fingerprint density at radius 1 is 1.59 bits per heavy atom. The van der Waals surface area contributed by atoms with Crippen molar-refractivity contribution >= 4 is 21.6 Å². The van der Waals surface area contributed by atoms with Gasteiger partial charge in [0.2, 0.25) is 0 Å². The smallest absolute Gasteiger partial charge is 0.283 e. The van der Waals surface area contributed by atoms with E-state index in [-0.39, 0.29) is 5.56 Å². The summed E-state index contributed by atoms with van der Waals surface area (Å²) < 4.78 is 1.81. The molecule has 0 fully saturated rings. The lowest BCUT2D eigenvalue weighted by Crippen LogP contribution is -2.33. The highest BCUT2D eigenvalue weighted by molar-refractivity contribution is 9.10. The second kappa shape index (κ2) is 5.64. The lowest BCUT2D eigenvalue weighted by atomic mass is 10.0. The van der Waals surface area contributed by atoms with Crippen LogP contribution in [0.1, 0.15) is 27.2 Å². The van der Waals surface area contributed by atoms with Crippen molar-refractivity contribution in [3.05, 3.63) is 21.0 Å². The van der Waals surface area contributed by atoms with E-state index >= 15 is 0 Å². The SMILES string of the molecule is CCn1ncc(NCC(C)(O)CC)c(Br)c1=O. The van der Waals surface area contributed by atoms with Gasteiger partial charge in [0.1, 0.15) is 4.47 Å². The maximum absolute atomic E-state index is 11.8. The Kier molecular flexibility index (Phi) is 4.70. The van der Waals surface area contributed by atoms with Crippen LogP contribution < -0.4 is 10.9 Å². The monoisotopic (exact) mass is 303 g/mol. The highest BCUT2D eigenvalue weighted by atomic mass is 79.9. The normalized spacial score (nSPS) is 14.4. The van der Waals surface area contributed by atoms with Gasteiger partial charge in [0, 0.05) is 13.1 Å². The van der Waals surface area contributed by atoms with Crippen molar-refractivity contribution in [2.24, 2.45) is 0 Å². The summed E-state index contributed by atoms with van der Waals surface area (Å²) in [6.07, 6.45) is 2.22. The molecule has 1 heterocycles. The topological polar surface area (TPSA) is 67.2 Å². The van der Waals surface area contributed by atoms with E-state index in [4.69, 9.17) is 0 Å². The average molecular weight is 304 g/mol. The molecule has 1 aromatic heterocycles. The fourth-order valence-electron chi connectivity index (χ4n) is 1.22. The molecule has 1 rings (SSSR count). The maximum atomic E-state index is 11.8. The van der Waals surface area contributed by atoms with Gasteiger partial charge in [0.15, 0.2) is 0 Å². The summed E-state index contributed by atoms with van der Waals surface area (Å²) in [6, 6.07) is 0. The van der Waals surface area contributed by atoms with E-state index < -0.39 is 5.60 Å². The predicted molar refractivity (Wildman–Crippen MR) is 71.3 cm³/mol. The van der Waals surface area contributed by atoms with Crippen molar-refractivity contribution in [1.82, 2.24) is 9.78 Å². The van der Waals surface area contributed by atoms with Crippen LogP contribution in [0.25, 0.3) is 0 Å². The van der Waals surface area contributed by atoms with E-state index in [1.807, 2.05) is 13.8 Å². The number of hydrogen-bond donors (Lipinski definition) is 2. The van der Waals surface area contributed by atoms with Gasteiger partial charge in [0.05, 0.1) is 17.5 Å². The van der Waals surface area contributed by atoms with Crippen LogP contribution in [0.3, 0.4) is 0 Å². The Bertz CT molecular complexity index is 443. The Labute approximate surface area is 109 Å². The summed E-state index contributed by atoms with van der Waals surface area (Å²) in [5, 5.41) is 16.9. The number of aromatic nitrogens is 2. The predicted octanol–water partition coefficient (Wildman–Crippen LogP) is 1.60. The minimum Gasteiger partial charge on any atom is -0.388 e. The molecule has 0 saturated carbocycles. The summed E-state index contributed by atoms with van der Waals surface area (Å²) in [5.41, 5.74) is -0.360. The van der Waals surface area contributed by atoms with Crippen LogP contribution in [0, 0.1) is 0 Å². The lowest BCUT2D eigenvalue weighted by Gasteiger charge is -2.22. The van der Waals surface area contributed by atoms with Gasteiger partial charge in [-0.15, -0.1) is 0 Å². The molecule has 0 radical (unpaired) electrons. The van der Waals surface area contributed by atoms with E-state index in [9.17, 15) is 9.90 Å². The van der Waals surface area contributed by atoms with Gasteiger partial charge >= 0.3 is 0 Å². The number of nitrogens with one attached hydrogen (secondary N) is 1. The first-order valence-electron chi connectivity index (χ1n) is 5.63. The average Bonchev–Trinajstić information content (AvgIpc) is 2.31. The molecular formula is C11H18BrN3O2. The molecule has 0 aliphatic carbocycles. The molecule has 1 unspecified atom stereocenters. The summed E-state index contributed by atoms with van der Waals surface area (Å²) >= 11 is 3.24. The molecule has 1 aromatic rings. The summed E-state index contributed by atoms with van der Waals surface area (Å²) in [5.74, 6) is 0. The Hall–Kier alpha value is -0.880. The number of rotatable bonds is 5. The number of nitrogens with zero attached hydrogens (tertiary/aromatic N) is 2. The molecule has 0 saturated heterocycles. The highest BCUT2D eigenvalue weighted by Crippen LogP contribution is 2.18. The van der Waals surface area contributed by atoms with Gasteiger partial charge in [-0.05, 0) is 36.2 Å². The van der Waals surface area contributed by atoms with Gasteiger partial charge in [-0.25, -0.2) is 4.68 Å². The van der Waals surface area contributed by atoms with Crippen molar-refractivity contribution in [3.63, 3.8) is 0 Å². The van der Waals surface area contributed by atoms with E-state index in [1.54, 1.807) is 13.1 Å². The number of hydrogen-bond acceptors (Lipinski definition) is 4. The van der Waals surface area contributed by atoms with Gasteiger partial charge < -0.3 is 10.4 Å². The van der Waals surface area contributed by atoms with Gasteiger partial charge in [-0.2, -0.15) is 5.10 Å². The van der Waals surface area contributed by atoms with Crippen molar-refractivity contribution < 1.29 is 5.11 Å². The Balaban J connectivity index is 2.87. The fourth-order valence-corrected chi connectivity index (χ4v) is 1.67. The highest BCUT2D eigenvalue weighted by Gasteiger charge is 2.18. The minimum absolute atomic E-state index is 0.173. The van der Waals surface area contributed by atoms with Crippen molar-refractivity contribution in [3.8, 4) is 0 Å². The number of halogens is 1. The van der Waals surface area contributed by atoms with Crippen LogP contribution in [-0.4, -0.2) is 27.0 Å². The number of aliphatic hydroxyl groups is 1. The molecule has 17 heavy (non-hydrogen) atoms. The molecule has 0 aliphatic heterocycles. The lowest BCUT2D eigenvalue weighted by molar-refractivity contribution is 0.0697. The molecule has 5 nitrogen and oxygen atoms in total. The first-order chi connectivity index (χ1) is 7.91. The van der Waals surface area contributed by atoms with E-state index in [1.165, 1.54) is 4.68 Å². The number of aryl methyl sites for hydroxylation is 1. The second-order valence-electron chi connectivity index (χ2n) is 4.20. The molecule has 6 heteroatoms. The van der Waals surface area contributed by atoms with E-state index in [0.29, 0.717) is 29.7 Å². The molecule has 0 amide bonds. The molecule has 0 bridgehead atoms. The van der Waals surface area contributed by atoms with E-state index in [2.05, 4.69) is 26.3 Å². The first-order valence-corrected chi connectivity index (χ1v) is 6.42.